The largest absolute Gasteiger partial charge is 0.391 e. The highest BCUT2D eigenvalue weighted by molar-refractivity contribution is 8.00. The number of carbonyl (C=O) groups excluding carboxylic acids is 2. The molecule has 2 rings (SSSR count). The van der Waals surface area contributed by atoms with Crippen molar-refractivity contribution in [2.45, 2.75) is 57.6 Å². The van der Waals surface area contributed by atoms with Crippen molar-refractivity contribution >= 4 is 23.6 Å². The number of carbonyl (C=O) groups is 2. The molecule has 132 valence electrons. The zero-order valence-electron chi connectivity index (χ0n) is 14.5. The Balaban J connectivity index is 2.18. The summed E-state index contributed by atoms with van der Waals surface area (Å²) in [6, 6.07) is -0.900. The predicted octanol–water partition coefficient (Wildman–Crippen LogP) is 0.635. The first-order valence-corrected chi connectivity index (χ1v) is 9.25. The first-order valence-electron chi connectivity index (χ1n) is 8.27. The lowest BCUT2D eigenvalue weighted by molar-refractivity contribution is -0.147. The van der Waals surface area contributed by atoms with E-state index in [-0.39, 0.29) is 16.7 Å². The Hall–Kier alpha value is -0.790. The van der Waals surface area contributed by atoms with Gasteiger partial charge < -0.3 is 20.6 Å². The molecule has 1 unspecified atom stereocenters. The zero-order valence-corrected chi connectivity index (χ0v) is 15.4. The summed E-state index contributed by atoms with van der Waals surface area (Å²) in [5.41, 5.74) is 5.38. The molecule has 6 nitrogen and oxygen atoms in total. The molecule has 3 atom stereocenters. The van der Waals surface area contributed by atoms with Gasteiger partial charge in [-0.05, 0) is 19.8 Å². The van der Waals surface area contributed by atoms with Gasteiger partial charge in [0, 0.05) is 24.3 Å². The molecule has 2 amide bonds. The van der Waals surface area contributed by atoms with Crippen molar-refractivity contribution < 1.29 is 14.7 Å². The van der Waals surface area contributed by atoms with E-state index in [4.69, 9.17) is 5.73 Å². The van der Waals surface area contributed by atoms with Crippen LogP contribution >= 0.6 is 11.8 Å². The van der Waals surface area contributed by atoms with Crippen LogP contribution in [0.3, 0.4) is 0 Å². The Morgan fingerprint density at radius 1 is 1.30 bits per heavy atom. The molecule has 3 N–H and O–H groups in total. The van der Waals surface area contributed by atoms with Gasteiger partial charge in [-0.25, -0.2) is 0 Å². The number of nitrogens with two attached hydrogens (primary N) is 1. The monoisotopic (exact) mass is 343 g/mol. The Bertz CT molecular complexity index is 478. The van der Waals surface area contributed by atoms with E-state index in [2.05, 4.69) is 0 Å². The predicted molar refractivity (Wildman–Crippen MR) is 91.8 cm³/mol. The van der Waals surface area contributed by atoms with Gasteiger partial charge in [-0.1, -0.05) is 20.8 Å². The number of aliphatic hydroxyl groups excluding tert-OH is 1. The van der Waals surface area contributed by atoms with Crippen LogP contribution < -0.4 is 5.73 Å². The molecule has 0 aromatic heterocycles. The van der Waals surface area contributed by atoms with Gasteiger partial charge in [0.05, 0.1) is 12.6 Å². The minimum absolute atomic E-state index is 0.136. The van der Waals surface area contributed by atoms with Crippen molar-refractivity contribution in [3.8, 4) is 0 Å². The van der Waals surface area contributed by atoms with Crippen molar-refractivity contribution in [2.24, 2.45) is 11.1 Å². The number of likely N-dealkylation sites (tertiary alicyclic amines) is 1. The fourth-order valence-electron chi connectivity index (χ4n) is 3.25. The van der Waals surface area contributed by atoms with Crippen LogP contribution in [0.15, 0.2) is 0 Å². The van der Waals surface area contributed by atoms with Crippen LogP contribution in [0.4, 0.5) is 0 Å². The first-order chi connectivity index (χ1) is 10.6. The molecular formula is C16H29N3O3S. The lowest BCUT2D eigenvalue weighted by Gasteiger charge is -2.47. The highest BCUT2D eigenvalue weighted by Gasteiger charge is 2.50. The number of aliphatic hydroxyl groups is 1. The van der Waals surface area contributed by atoms with Crippen molar-refractivity contribution in [3.05, 3.63) is 0 Å². The highest BCUT2D eigenvalue weighted by atomic mass is 32.2. The summed E-state index contributed by atoms with van der Waals surface area (Å²) >= 11 is 1.77. The van der Waals surface area contributed by atoms with E-state index in [9.17, 15) is 14.7 Å². The average Bonchev–Trinajstić information content (AvgIpc) is 2.86. The summed E-state index contributed by atoms with van der Waals surface area (Å²) < 4.78 is 0. The lowest BCUT2D eigenvalue weighted by atomic mass is 9.92. The fraction of sp³-hybridized carbons (Fsp3) is 0.875. The van der Waals surface area contributed by atoms with Crippen molar-refractivity contribution in [2.75, 3.05) is 25.4 Å². The molecule has 23 heavy (non-hydrogen) atoms. The maximum Gasteiger partial charge on any atom is 0.242 e. The molecule has 2 saturated heterocycles. The van der Waals surface area contributed by atoms with Crippen LogP contribution in [0.5, 0.6) is 0 Å². The van der Waals surface area contributed by atoms with E-state index in [1.807, 2.05) is 25.7 Å². The van der Waals surface area contributed by atoms with Crippen molar-refractivity contribution in [1.82, 2.24) is 9.80 Å². The summed E-state index contributed by atoms with van der Waals surface area (Å²) in [6.07, 6.45) is 0.871. The molecule has 2 aliphatic rings. The third kappa shape index (κ3) is 3.67. The normalized spacial score (nSPS) is 28.1. The van der Waals surface area contributed by atoms with Gasteiger partial charge in [-0.3, -0.25) is 9.59 Å². The molecule has 2 heterocycles. The van der Waals surface area contributed by atoms with Gasteiger partial charge in [0.2, 0.25) is 11.8 Å². The topological polar surface area (TPSA) is 86.9 Å². The van der Waals surface area contributed by atoms with E-state index in [1.165, 1.54) is 6.92 Å². The molecule has 2 aliphatic heterocycles. The standard InChI is InChI=1S/C16H29N3O3S/c1-11(20)12(17)13(21)18-7-5-6-16(10-18)19(8-9-23-16)14(22)15(2,3)4/h11-12,20H,5-10,17H2,1-4H3/t11-,12+,16?/m1/s1. The van der Waals surface area contributed by atoms with Gasteiger partial charge >= 0.3 is 0 Å². The van der Waals surface area contributed by atoms with Crippen LogP contribution in [0.2, 0.25) is 0 Å². The first kappa shape index (κ1) is 18.5. The number of nitrogens with zero attached hydrogens (tertiary/aromatic N) is 2. The van der Waals surface area contributed by atoms with Crippen LogP contribution in [-0.4, -0.2) is 69.1 Å². The zero-order chi connectivity index (χ0) is 17.4. The molecule has 0 aliphatic carbocycles. The number of hydrogen-bond donors (Lipinski definition) is 2. The van der Waals surface area contributed by atoms with Gasteiger partial charge in [0.25, 0.3) is 0 Å². The molecular weight excluding hydrogens is 314 g/mol. The average molecular weight is 343 g/mol. The van der Waals surface area contributed by atoms with Gasteiger partial charge in [0.15, 0.2) is 0 Å². The SMILES string of the molecule is C[C@@H](O)[C@H](N)C(=O)N1CCCC2(C1)SCCN2C(=O)C(C)(C)C. The van der Waals surface area contributed by atoms with Gasteiger partial charge in [0.1, 0.15) is 10.9 Å². The fourth-order valence-corrected chi connectivity index (χ4v) is 4.77. The summed E-state index contributed by atoms with van der Waals surface area (Å²) in [4.78, 5) is 28.6. The smallest absolute Gasteiger partial charge is 0.242 e. The van der Waals surface area contributed by atoms with E-state index >= 15 is 0 Å². The molecule has 0 aromatic carbocycles. The third-order valence-electron chi connectivity index (χ3n) is 4.61. The van der Waals surface area contributed by atoms with Crippen LogP contribution in [-0.2, 0) is 9.59 Å². The maximum absolute atomic E-state index is 12.8. The van der Waals surface area contributed by atoms with Crippen LogP contribution in [0, 0.1) is 5.41 Å². The van der Waals surface area contributed by atoms with Crippen LogP contribution in [0.1, 0.15) is 40.5 Å². The van der Waals surface area contributed by atoms with Crippen molar-refractivity contribution in [3.63, 3.8) is 0 Å². The highest BCUT2D eigenvalue weighted by Crippen LogP contribution is 2.44. The Kier molecular flexibility index (Phi) is 5.33. The van der Waals surface area contributed by atoms with E-state index in [0.29, 0.717) is 13.1 Å². The van der Waals surface area contributed by atoms with E-state index < -0.39 is 17.6 Å². The molecule has 2 fully saturated rings. The minimum atomic E-state index is -0.900. The van der Waals surface area contributed by atoms with E-state index in [1.54, 1.807) is 16.7 Å². The maximum atomic E-state index is 12.8. The number of thioether (sulfide) groups is 1. The van der Waals surface area contributed by atoms with Gasteiger partial charge in [-0.2, -0.15) is 0 Å². The molecule has 0 bridgehead atoms. The molecule has 0 aromatic rings. The quantitative estimate of drug-likeness (QED) is 0.768. The Morgan fingerprint density at radius 2 is 1.96 bits per heavy atom. The second-order valence-electron chi connectivity index (χ2n) is 7.63. The second kappa shape index (κ2) is 6.61. The third-order valence-corrected chi connectivity index (χ3v) is 6.09. The lowest BCUT2D eigenvalue weighted by Crippen LogP contribution is -2.61. The number of hydrogen-bond acceptors (Lipinski definition) is 5. The second-order valence-corrected chi connectivity index (χ2v) is 9.09. The minimum Gasteiger partial charge on any atom is -0.391 e. The molecule has 7 heteroatoms. The number of amides is 2. The summed E-state index contributed by atoms with van der Waals surface area (Å²) in [5.74, 6) is 0.804. The van der Waals surface area contributed by atoms with Gasteiger partial charge in [-0.15, -0.1) is 11.8 Å². The van der Waals surface area contributed by atoms with Crippen molar-refractivity contribution in [1.29, 1.82) is 0 Å². The number of rotatable bonds is 2. The summed E-state index contributed by atoms with van der Waals surface area (Å²) in [5, 5.41) is 9.58. The van der Waals surface area contributed by atoms with Crippen LogP contribution in [0.25, 0.3) is 0 Å². The molecule has 0 radical (unpaired) electrons. The summed E-state index contributed by atoms with van der Waals surface area (Å²) in [7, 11) is 0. The van der Waals surface area contributed by atoms with E-state index in [0.717, 1.165) is 25.1 Å². The number of piperidine rings is 1. The Morgan fingerprint density at radius 3 is 2.52 bits per heavy atom. The Labute approximate surface area is 142 Å². The summed E-state index contributed by atoms with van der Waals surface area (Å²) in [6.45, 7) is 9.19. The molecule has 0 saturated carbocycles. The molecule has 1 spiro atoms.